The molecule has 0 aliphatic carbocycles. The quantitative estimate of drug-likeness (QED) is 0.483. The zero-order chi connectivity index (χ0) is 20.2. The molecular weight excluding hydrogens is 361 g/mol. The summed E-state index contributed by atoms with van der Waals surface area (Å²) in [4.78, 5) is 0. The minimum Gasteiger partial charge on any atom is -0.456 e. The van der Waals surface area contributed by atoms with E-state index in [2.05, 4.69) is 44.3 Å². The van der Waals surface area contributed by atoms with Crippen LogP contribution >= 0.6 is 0 Å². The Hall–Kier alpha value is -3.07. The molecule has 5 rings (SSSR count). The SMILES string of the molecule is CC1CC(C)(C)Nc2ccc3c(c21)C(=Cc1cccc(F)c1)Oc1ccccc1-3. The standard InChI is InChI=1S/C26H24FNO/c1-16-15-26(2,3)28-21-12-11-20-19-9-4-5-10-22(19)29-23(25(20)24(16)21)14-17-7-6-8-18(27)13-17/h4-14,16,28H,15H2,1-3H3. The lowest BCUT2D eigenvalue weighted by Gasteiger charge is -2.40. The largest absolute Gasteiger partial charge is 0.456 e. The fourth-order valence-corrected chi connectivity index (χ4v) is 4.81. The Balaban J connectivity index is 1.77. The topological polar surface area (TPSA) is 21.3 Å². The van der Waals surface area contributed by atoms with E-state index in [0.717, 1.165) is 40.3 Å². The summed E-state index contributed by atoms with van der Waals surface area (Å²) in [6.07, 6.45) is 2.98. The highest BCUT2D eigenvalue weighted by atomic mass is 19.1. The molecule has 29 heavy (non-hydrogen) atoms. The van der Waals surface area contributed by atoms with E-state index in [1.807, 2.05) is 30.3 Å². The first kappa shape index (κ1) is 18.0. The first-order valence-corrected chi connectivity index (χ1v) is 10.1. The van der Waals surface area contributed by atoms with Crippen LogP contribution in [0, 0.1) is 5.82 Å². The van der Waals surface area contributed by atoms with Crippen LogP contribution in [0.4, 0.5) is 10.1 Å². The van der Waals surface area contributed by atoms with Gasteiger partial charge in [-0.1, -0.05) is 43.3 Å². The Morgan fingerprint density at radius 3 is 2.69 bits per heavy atom. The van der Waals surface area contributed by atoms with Crippen molar-refractivity contribution in [1.82, 2.24) is 0 Å². The number of benzene rings is 3. The summed E-state index contributed by atoms with van der Waals surface area (Å²) in [7, 11) is 0. The van der Waals surface area contributed by atoms with Crippen molar-refractivity contribution >= 4 is 17.5 Å². The molecular formula is C26H24FNO. The highest BCUT2D eigenvalue weighted by Gasteiger charge is 2.35. The van der Waals surface area contributed by atoms with Gasteiger partial charge in [0.2, 0.25) is 0 Å². The molecule has 1 atom stereocenters. The van der Waals surface area contributed by atoms with Gasteiger partial charge in [-0.15, -0.1) is 0 Å². The highest BCUT2D eigenvalue weighted by Crippen LogP contribution is 2.50. The maximum atomic E-state index is 13.8. The van der Waals surface area contributed by atoms with Crippen LogP contribution in [0.3, 0.4) is 0 Å². The number of ether oxygens (including phenoxy) is 1. The number of para-hydroxylation sites is 1. The molecule has 146 valence electrons. The molecule has 1 unspecified atom stereocenters. The van der Waals surface area contributed by atoms with Crippen molar-refractivity contribution in [2.75, 3.05) is 5.32 Å². The van der Waals surface area contributed by atoms with Gasteiger partial charge in [0.15, 0.2) is 0 Å². The van der Waals surface area contributed by atoms with Gasteiger partial charge >= 0.3 is 0 Å². The minimum absolute atomic E-state index is 0.0422. The van der Waals surface area contributed by atoms with E-state index in [0.29, 0.717) is 5.92 Å². The van der Waals surface area contributed by atoms with Crippen LogP contribution in [0.2, 0.25) is 0 Å². The molecule has 2 aliphatic rings. The molecule has 2 nitrogen and oxygen atoms in total. The van der Waals surface area contributed by atoms with Crippen molar-refractivity contribution < 1.29 is 9.13 Å². The summed E-state index contributed by atoms with van der Waals surface area (Å²) in [6.45, 7) is 6.75. The van der Waals surface area contributed by atoms with Gasteiger partial charge in [-0.05, 0) is 73.2 Å². The summed E-state index contributed by atoms with van der Waals surface area (Å²) in [5.41, 5.74) is 6.64. The van der Waals surface area contributed by atoms with E-state index < -0.39 is 0 Å². The van der Waals surface area contributed by atoms with Gasteiger partial charge in [-0.3, -0.25) is 0 Å². The molecule has 3 aromatic rings. The van der Waals surface area contributed by atoms with Crippen molar-refractivity contribution in [3.05, 3.63) is 83.2 Å². The molecule has 0 saturated carbocycles. The summed E-state index contributed by atoms with van der Waals surface area (Å²) in [5.74, 6) is 1.73. The second-order valence-corrected chi connectivity index (χ2v) is 8.73. The summed E-state index contributed by atoms with van der Waals surface area (Å²) < 4.78 is 20.2. The van der Waals surface area contributed by atoms with Crippen LogP contribution < -0.4 is 10.1 Å². The monoisotopic (exact) mass is 385 g/mol. The Morgan fingerprint density at radius 1 is 1.03 bits per heavy atom. The van der Waals surface area contributed by atoms with Gasteiger partial charge in [-0.25, -0.2) is 4.39 Å². The first-order chi connectivity index (χ1) is 13.9. The van der Waals surface area contributed by atoms with Gasteiger partial charge in [0, 0.05) is 22.4 Å². The van der Waals surface area contributed by atoms with Crippen molar-refractivity contribution in [3.8, 4) is 16.9 Å². The van der Waals surface area contributed by atoms with E-state index in [9.17, 15) is 4.39 Å². The van der Waals surface area contributed by atoms with Crippen LogP contribution in [-0.2, 0) is 0 Å². The molecule has 0 spiro atoms. The van der Waals surface area contributed by atoms with Crippen molar-refractivity contribution in [2.45, 2.75) is 38.6 Å². The Morgan fingerprint density at radius 2 is 1.86 bits per heavy atom. The number of hydrogen-bond donors (Lipinski definition) is 1. The normalized spacial score (nSPS) is 20.1. The molecule has 2 aliphatic heterocycles. The lowest BCUT2D eigenvalue weighted by Crippen LogP contribution is -2.37. The van der Waals surface area contributed by atoms with E-state index in [-0.39, 0.29) is 11.4 Å². The minimum atomic E-state index is -0.248. The van der Waals surface area contributed by atoms with E-state index >= 15 is 0 Å². The maximum Gasteiger partial charge on any atom is 0.136 e. The van der Waals surface area contributed by atoms with E-state index in [4.69, 9.17) is 4.74 Å². The van der Waals surface area contributed by atoms with Crippen LogP contribution in [0.15, 0.2) is 60.7 Å². The molecule has 0 bridgehead atoms. The van der Waals surface area contributed by atoms with Gasteiger partial charge in [0.1, 0.15) is 17.3 Å². The molecule has 3 heteroatoms. The first-order valence-electron chi connectivity index (χ1n) is 10.1. The van der Waals surface area contributed by atoms with Gasteiger partial charge < -0.3 is 10.1 Å². The Bertz CT molecular complexity index is 1150. The lowest BCUT2D eigenvalue weighted by molar-refractivity contribution is 0.450. The van der Waals surface area contributed by atoms with Gasteiger partial charge in [0.05, 0.1) is 0 Å². The lowest BCUT2D eigenvalue weighted by atomic mass is 9.77. The molecule has 0 radical (unpaired) electrons. The Labute approximate surface area is 171 Å². The molecule has 0 amide bonds. The number of anilines is 1. The van der Waals surface area contributed by atoms with Crippen molar-refractivity contribution in [2.24, 2.45) is 0 Å². The number of halogens is 1. The molecule has 0 fully saturated rings. The predicted molar refractivity (Wildman–Crippen MR) is 118 cm³/mol. The van der Waals surface area contributed by atoms with Crippen molar-refractivity contribution in [3.63, 3.8) is 0 Å². The van der Waals surface area contributed by atoms with Crippen LogP contribution in [0.25, 0.3) is 23.0 Å². The fraction of sp³-hybridized carbons (Fsp3) is 0.231. The number of fused-ring (bicyclic) bond motifs is 5. The summed E-state index contributed by atoms with van der Waals surface area (Å²) in [5, 5.41) is 3.69. The molecule has 0 saturated heterocycles. The van der Waals surface area contributed by atoms with Crippen LogP contribution in [0.5, 0.6) is 5.75 Å². The Kier molecular flexibility index (Phi) is 4.02. The summed E-state index contributed by atoms with van der Waals surface area (Å²) >= 11 is 0. The van der Waals surface area contributed by atoms with Crippen molar-refractivity contribution in [1.29, 1.82) is 0 Å². The molecule has 3 aromatic carbocycles. The average molecular weight is 385 g/mol. The summed E-state index contributed by atoms with van der Waals surface area (Å²) in [6, 6.07) is 19.1. The number of nitrogens with one attached hydrogen (secondary N) is 1. The van der Waals surface area contributed by atoms with Gasteiger partial charge in [-0.2, -0.15) is 0 Å². The number of rotatable bonds is 1. The van der Waals surface area contributed by atoms with E-state index in [1.165, 1.54) is 23.3 Å². The second-order valence-electron chi connectivity index (χ2n) is 8.73. The molecule has 0 aromatic heterocycles. The molecule has 2 heterocycles. The van der Waals surface area contributed by atoms with Crippen LogP contribution in [0.1, 0.15) is 49.8 Å². The number of hydrogen-bond acceptors (Lipinski definition) is 2. The zero-order valence-corrected chi connectivity index (χ0v) is 16.9. The smallest absolute Gasteiger partial charge is 0.136 e. The third kappa shape index (κ3) is 3.11. The van der Waals surface area contributed by atoms with Gasteiger partial charge in [0.25, 0.3) is 0 Å². The third-order valence-electron chi connectivity index (χ3n) is 5.82. The fourth-order valence-electron chi connectivity index (χ4n) is 4.81. The van der Waals surface area contributed by atoms with E-state index in [1.54, 1.807) is 6.07 Å². The maximum absolute atomic E-state index is 13.8. The highest BCUT2D eigenvalue weighted by molar-refractivity contribution is 5.95. The predicted octanol–water partition coefficient (Wildman–Crippen LogP) is 7.08. The average Bonchev–Trinajstić information content (AvgIpc) is 2.66. The second kappa shape index (κ2) is 6.48. The van der Waals surface area contributed by atoms with Crippen LogP contribution in [-0.4, -0.2) is 5.54 Å². The zero-order valence-electron chi connectivity index (χ0n) is 16.9. The third-order valence-corrected chi connectivity index (χ3v) is 5.82. The molecule has 1 N–H and O–H groups in total.